The molecule has 1 aromatic rings. The van der Waals surface area contributed by atoms with E-state index in [0.717, 1.165) is 36.5 Å². The Hall–Kier alpha value is -3.19. The number of benzene rings is 1. The summed E-state index contributed by atoms with van der Waals surface area (Å²) in [5.41, 5.74) is 7.53. The van der Waals surface area contributed by atoms with Gasteiger partial charge in [0.05, 0.1) is 5.70 Å². The zero-order valence-corrected chi connectivity index (χ0v) is 17.3. The van der Waals surface area contributed by atoms with E-state index in [1.807, 2.05) is 13.0 Å². The Morgan fingerprint density at radius 1 is 1.30 bits per heavy atom. The lowest BCUT2D eigenvalue weighted by Crippen LogP contribution is -2.51. The van der Waals surface area contributed by atoms with E-state index in [2.05, 4.69) is 33.7 Å². The number of rotatable bonds is 9. The molecule has 0 saturated carbocycles. The molecule has 1 aromatic carbocycles. The first kappa shape index (κ1) is 21.5. The predicted octanol–water partition coefficient (Wildman–Crippen LogP) is 3.95. The molecule has 0 aromatic heterocycles. The van der Waals surface area contributed by atoms with Crippen molar-refractivity contribution >= 4 is 18.1 Å². The molecule has 2 aliphatic rings. The minimum Gasteiger partial charge on any atom is -0.389 e. The fourth-order valence-corrected chi connectivity index (χ4v) is 3.91. The summed E-state index contributed by atoms with van der Waals surface area (Å²) in [6, 6.07) is 6.23. The second-order valence-corrected chi connectivity index (χ2v) is 7.51. The molecule has 5 N–H and O–H groups in total. The number of nitrogens with one attached hydrogen (secondary N) is 5. The van der Waals surface area contributed by atoms with Gasteiger partial charge >= 0.3 is 0 Å². The van der Waals surface area contributed by atoms with Gasteiger partial charge in [0.25, 0.3) is 0 Å². The summed E-state index contributed by atoms with van der Waals surface area (Å²) in [4.78, 5) is 0. The maximum absolute atomic E-state index is 13.2. The Labute approximate surface area is 177 Å². The largest absolute Gasteiger partial charge is 0.389 e. The van der Waals surface area contributed by atoms with Gasteiger partial charge in [0.15, 0.2) is 0 Å². The van der Waals surface area contributed by atoms with Crippen LogP contribution in [0.2, 0.25) is 0 Å². The molecule has 1 unspecified atom stereocenters. The van der Waals surface area contributed by atoms with Crippen LogP contribution in [0, 0.1) is 22.1 Å². The molecule has 0 amide bonds. The average Bonchev–Trinajstić information content (AvgIpc) is 2.77. The third-order valence-corrected chi connectivity index (χ3v) is 5.53. The van der Waals surface area contributed by atoms with Crippen LogP contribution in [0.25, 0.3) is 0 Å². The lowest BCUT2D eigenvalue weighted by molar-refractivity contribution is 0.131. The first-order valence-electron chi connectivity index (χ1n) is 10.1. The van der Waals surface area contributed by atoms with Crippen LogP contribution >= 0.6 is 0 Å². The summed E-state index contributed by atoms with van der Waals surface area (Å²) in [7, 11) is 0. The lowest BCUT2D eigenvalue weighted by atomic mass is 9.68. The number of allylic oxidation sites excluding steroid dienone is 3. The molecular formula is C23H29FN6. The van der Waals surface area contributed by atoms with E-state index < -0.39 is 0 Å². The number of anilines is 1. The van der Waals surface area contributed by atoms with Crippen molar-refractivity contribution in [1.29, 1.82) is 10.8 Å². The molecule has 1 aliphatic heterocycles. The smallest absolute Gasteiger partial charge is 0.123 e. The van der Waals surface area contributed by atoms with Crippen LogP contribution in [-0.4, -0.2) is 37.1 Å². The topological polar surface area (TPSA) is 87.0 Å². The molecule has 0 bridgehead atoms. The third kappa shape index (κ3) is 4.68. The highest BCUT2D eigenvalue weighted by atomic mass is 19.1. The molecule has 1 atom stereocenters. The standard InChI is InChI=1S/C23H29FN6/c1-3-23-12-17(13-25)22(28-20-7-5-19(24)6-8-20)11-18(23)9-10-30(16-23)29-21(14-26)15-27-4-2/h3,5-8,11,13-15,25-29H,1,4,9-10,12,16H2,2H3/b21-15+,25-13?,26-14?. The van der Waals surface area contributed by atoms with E-state index in [1.54, 1.807) is 18.3 Å². The van der Waals surface area contributed by atoms with Crippen molar-refractivity contribution in [3.63, 3.8) is 0 Å². The molecular weight excluding hydrogens is 379 g/mol. The molecule has 1 aliphatic carbocycles. The van der Waals surface area contributed by atoms with Gasteiger partial charge in [-0.25, -0.2) is 9.40 Å². The number of halogens is 1. The molecule has 0 radical (unpaired) electrons. The van der Waals surface area contributed by atoms with Crippen molar-refractivity contribution in [2.24, 2.45) is 5.41 Å². The summed E-state index contributed by atoms with van der Waals surface area (Å²) in [6.07, 6.45) is 10.1. The lowest BCUT2D eigenvalue weighted by Gasteiger charge is -2.45. The zero-order valence-electron chi connectivity index (χ0n) is 17.3. The quantitative estimate of drug-likeness (QED) is 0.316. The van der Waals surface area contributed by atoms with Gasteiger partial charge in [-0.15, -0.1) is 6.58 Å². The van der Waals surface area contributed by atoms with Crippen molar-refractivity contribution < 1.29 is 4.39 Å². The van der Waals surface area contributed by atoms with Crippen molar-refractivity contribution in [3.8, 4) is 0 Å². The first-order chi connectivity index (χ1) is 14.5. The maximum atomic E-state index is 13.2. The highest BCUT2D eigenvalue weighted by Crippen LogP contribution is 2.45. The van der Waals surface area contributed by atoms with Gasteiger partial charge in [0, 0.05) is 55.1 Å². The number of hydrazine groups is 1. The Morgan fingerprint density at radius 3 is 2.70 bits per heavy atom. The normalized spacial score (nSPS) is 21.9. The number of nitrogens with zero attached hydrogens (tertiary/aromatic N) is 1. The second-order valence-electron chi connectivity index (χ2n) is 7.51. The number of fused-ring (bicyclic) bond motifs is 1. The summed E-state index contributed by atoms with van der Waals surface area (Å²) < 4.78 is 13.2. The predicted molar refractivity (Wildman–Crippen MR) is 121 cm³/mol. The number of piperidine rings is 1. The van der Waals surface area contributed by atoms with Crippen LogP contribution in [0.4, 0.5) is 10.1 Å². The Kier molecular flexibility index (Phi) is 6.84. The van der Waals surface area contributed by atoms with Crippen LogP contribution in [0.1, 0.15) is 19.8 Å². The minimum atomic E-state index is -0.280. The molecule has 1 heterocycles. The van der Waals surface area contributed by atoms with Gasteiger partial charge in [-0.1, -0.05) is 11.6 Å². The van der Waals surface area contributed by atoms with Gasteiger partial charge in [-0.05, 0) is 55.7 Å². The van der Waals surface area contributed by atoms with Crippen molar-refractivity contribution in [2.75, 3.05) is 25.0 Å². The second kappa shape index (κ2) is 9.54. The highest BCUT2D eigenvalue weighted by Gasteiger charge is 2.40. The van der Waals surface area contributed by atoms with Gasteiger partial charge in [0.2, 0.25) is 0 Å². The molecule has 30 heavy (non-hydrogen) atoms. The molecule has 6 nitrogen and oxygen atoms in total. The summed E-state index contributed by atoms with van der Waals surface area (Å²) in [5, 5.41) is 24.1. The van der Waals surface area contributed by atoms with E-state index in [4.69, 9.17) is 10.8 Å². The van der Waals surface area contributed by atoms with Crippen LogP contribution in [0.15, 0.2) is 71.7 Å². The van der Waals surface area contributed by atoms with E-state index in [9.17, 15) is 4.39 Å². The molecule has 158 valence electrons. The van der Waals surface area contributed by atoms with Crippen molar-refractivity contribution in [3.05, 3.63) is 77.6 Å². The van der Waals surface area contributed by atoms with Crippen LogP contribution in [0.5, 0.6) is 0 Å². The number of hydrogen-bond acceptors (Lipinski definition) is 6. The third-order valence-electron chi connectivity index (χ3n) is 5.53. The molecule has 1 saturated heterocycles. The molecule has 7 heteroatoms. The Morgan fingerprint density at radius 2 is 2.07 bits per heavy atom. The monoisotopic (exact) mass is 408 g/mol. The van der Waals surface area contributed by atoms with Gasteiger partial charge in [0.1, 0.15) is 5.82 Å². The fraction of sp³-hybridized carbons (Fsp3) is 0.304. The van der Waals surface area contributed by atoms with Crippen LogP contribution < -0.4 is 16.1 Å². The fourth-order valence-electron chi connectivity index (χ4n) is 3.91. The zero-order chi connectivity index (χ0) is 21.6. The first-order valence-corrected chi connectivity index (χ1v) is 10.1. The maximum Gasteiger partial charge on any atom is 0.123 e. The molecule has 1 fully saturated rings. The van der Waals surface area contributed by atoms with Crippen LogP contribution in [0.3, 0.4) is 0 Å². The Bertz CT molecular complexity index is 899. The molecule has 0 spiro atoms. The highest BCUT2D eigenvalue weighted by molar-refractivity contribution is 5.81. The van der Waals surface area contributed by atoms with Gasteiger partial charge in [-0.3, -0.25) is 0 Å². The van der Waals surface area contributed by atoms with Crippen molar-refractivity contribution in [1.82, 2.24) is 15.8 Å². The number of hydrogen-bond donors (Lipinski definition) is 5. The van der Waals surface area contributed by atoms with Crippen molar-refractivity contribution in [2.45, 2.75) is 19.8 Å². The van der Waals surface area contributed by atoms with E-state index in [1.165, 1.54) is 30.1 Å². The van der Waals surface area contributed by atoms with E-state index >= 15 is 0 Å². The van der Waals surface area contributed by atoms with E-state index in [0.29, 0.717) is 18.7 Å². The van der Waals surface area contributed by atoms with E-state index in [-0.39, 0.29) is 11.2 Å². The summed E-state index contributed by atoms with van der Waals surface area (Å²) in [6.45, 7) is 8.39. The summed E-state index contributed by atoms with van der Waals surface area (Å²) in [5.74, 6) is -0.276. The van der Waals surface area contributed by atoms with Crippen LogP contribution in [-0.2, 0) is 0 Å². The minimum absolute atomic E-state index is 0.276. The SMILES string of the molecule is C=CC12CC(C=N)=C(Nc3ccc(F)cc3)C=C1CCN(N/C(C=N)=C/NCC)C2. The summed E-state index contributed by atoms with van der Waals surface area (Å²) >= 11 is 0. The van der Waals surface area contributed by atoms with Gasteiger partial charge < -0.3 is 26.9 Å². The van der Waals surface area contributed by atoms with Gasteiger partial charge in [-0.2, -0.15) is 0 Å². The molecule has 3 rings (SSSR count). The Balaban J connectivity index is 1.81. The average molecular weight is 409 g/mol.